The number of nitriles is 2. The molecule has 190 valence electrons. The maximum atomic E-state index is 14.6. The number of nitrogens with zero attached hydrogens (tertiary/aromatic N) is 4. The summed E-state index contributed by atoms with van der Waals surface area (Å²) in [5.41, 5.74) is -3.26. The highest BCUT2D eigenvalue weighted by Gasteiger charge is 2.76. The monoisotopic (exact) mass is 506 g/mol. The number of hydroxylamine groups is 2. The molecule has 38 heavy (non-hydrogen) atoms. The second-order valence-corrected chi connectivity index (χ2v) is 10.5. The van der Waals surface area contributed by atoms with Crippen LogP contribution in [0, 0.1) is 28.1 Å². The zero-order chi connectivity index (χ0) is 27.3. The van der Waals surface area contributed by atoms with E-state index in [1.54, 1.807) is 106 Å². The second-order valence-electron chi connectivity index (χ2n) is 10.5. The lowest BCUT2D eigenvalue weighted by Gasteiger charge is -2.36. The van der Waals surface area contributed by atoms with Crippen LogP contribution in [0.15, 0.2) is 84.9 Å². The SMILES string of the molecule is CC(C)(C)OC(=O)N1C(=O)C2(c3ccccc31)[C@H](c1ccccc1)C(C#N)(C#N)[C@@H](c1ccccc1)N2O. The maximum Gasteiger partial charge on any atom is 0.421 e. The van der Waals surface area contributed by atoms with Crippen molar-refractivity contribution < 1.29 is 19.5 Å². The van der Waals surface area contributed by atoms with Gasteiger partial charge in [-0.3, -0.25) is 4.79 Å². The summed E-state index contributed by atoms with van der Waals surface area (Å²) in [5.74, 6) is -1.96. The quantitative estimate of drug-likeness (QED) is 0.493. The van der Waals surface area contributed by atoms with Gasteiger partial charge >= 0.3 is 6.09 Å². The molecule has 1 fully saturated rings. The number of imide groups is 1. The van der Waals surface area contributed by atoms with Crippen LogP contribution in [-0.2, 0) is 15.1 Å². The number of benzene rings is 3. The Bertz CT molecular complexity index is 1470. The molecule has 1 unspecified atom stereocenters. The van der Waals surface area contributed by atoms with Crippen molar-refractivity contribution in [3.63, 3.8) is 0 Å². The first-order valence-corrected chi connectivity index (χ1v) is 12.2. The third-order valence-electron chi connectivity index (χ3n) is 7.19. The average Bonchev–Trinajstić information content (AvgIpc) is 3.30. The Morgan fingerprint density at radius 3 is 1.97 bits per heavy atom. The van der Waals surface area contributed by atoms with E-state index in [-0.39, 0.29) is 5.69 Å². The fraction of sp³-hybridized carbons (Fsp3) is 0.267. The summed E-state index contributed by atoms with van der Waals surface area (Å²) in [6.07, 6.45) is -0.908. The third kappa shape index (κ3) is 3.35. The molecule has 0 saturated carbocycles. The van der Waals surface area contributed by atoms with Crippen molar-refractivity contribution >= 4 is 17.7 Å². The van der Waals surface area contributed by atoms with Crippen LogP contribution < -0.4 is 4.90 Å². The molecule has 5 rings (SSSR count). The molecule has 2 aliphatic rings. The van der Waals surface area contributed by atoms with Gasteiger partial charge in [0.2, 0.25) is 0 Å². The number of rotatable bonds is 2. The van der Waals surface area contributed by atoms with Crippen LogP contribution in [0.1, 0.15) is 49.4 Å². The van der Waals surface area contributed by atoms with Gasteiger partial charge in [-0.1, -0.05) is 78.9 Å². The van der Waals surface area contributed by atoms with Crippen LogP contribution in [0.3, 0.4) is 0 Å². The number of carbonyl (C=O) groups is 2. The number of fused-ring (bicyclic) bond motifs is 2. The van der Waals surface area contributed by atoms with Crippen molar-refractivity contribution in [1.29, 1.82) is 10.5 Å². The first kappa shape index (κ1) is 25.2. The smallest absolute Gasteiger partial charge is 0.421 e. The number of ether oxygens (including phenoxy) is 1. The third-order valence-corrected chi connectivity index (χ3v) is 7.19. The molecular formula is C30H26N4O4. The van der Waals surface area contributed by atoms with Crippen molar-refractivity contribution in [3.8, 4) is 12.1 Å². The summed E-state index contributed by atoms with van der Waals surface area (Å²) in [6, 6.07) is 27.2. The summed E-state index contributed by atoms with van der Waals surface area (Å²) in [7, 11) is 0. The summed E-state index contributed by atoms with van der Waals surface area (Å²) in [5, 5.41) is 34.3. The summed E-state index contributed by atoms with van der Waals surface area (Å²) < 4.78 is 5.58. The van der Waals surface area contributed by atoms with Crippen molar-refractivity contribution in [3.05, 3.63) is 102 Å². The predicted octanol–water partition coefficient (Wildman–Crippen LogP) is 5.43. The van der Waals surface area contributed by atoms with Gasteiger partial charge in [-0.25, -0.2) is 9.69 Å². The van der Waals surface area contributed by atoms with Gasteiger partial charge in [-0.05, 0) is 38.0 Å². The molecule has 0 radical (unpaired) electrons. The molecule has 0 aromatic heterocycles. The van der Waals surface area contributed by atoms with Crippen molar-refractivity contribution in [2.45, 2.75) is 43.9 Å². The standard InChI is InChI=1S/C30H26N4O4/c1-28(2,3)38-27(36)33-23-17-11-10-16-22(23)30(26(33)35)24(20-12-6-4-7-13-20)29(18-31,19-32)25(34(30)37)21-14-8-5-9-15-21/h4-17,24-25,37H,1-3H3/t24-,25-,30?/m1/s1. The van der Waals surface area contributed by atoms with Crippen molar-refractivity contribution in [1.82, 2.24) is 5.06 Å². The molecule has 3 aromatic carbocycles. The normalized spacial score (nSPS) is 24.1. The number of hydrogen-bond donors (Lipinski definition) is 1. The maximum absolute atomic E-state index is 14.6. The average molecular weight is 507 g/mol. The molecule has 0 bridgehead atoms. The highest BCUT2D eigenvalue weighted by molar-refractivity contribution is 6.21. The van der Waals surface area contributed by atoms with Crippen molar-refractivity contribution in [2.24, 2.45) is 5.41 Å². The van der Waals surface area contributed by atoms with E-state index in [2.05, 4.69) is 12.1 Å². The molecule has 1 saturated heterocycles. The highest BCUT2D eigenvalue weighted by Crippen LogP contribution is 2.68. The van der Waals surface area contributed by atoms with Gasteiger partial charge in [-0.15, -0.1) is 0 Å². The molecule has 8 nitrogen and oxygen atoms in total. The van der Waals surface area contributed by atoms with Gasteiger partial charge in [0.05, 0.1) is 29.8 Å². The van der Waals surface area contributed by atoms with E-state index < -0.39 is 40.5 Å². The van der Waals surface area contributed by atoms with E-state index in [0.29, 0.717) is 16.7 Å². The largest absolute Gasteiger partial charge is 0.443 e. The molecule has 1 N–H and O–H groups in total. The lowest BCUT2D eigenvalue weighted by Crippen LogP contribution is -2.53. The van der Waals surface area contributed by atoms with Gasteiger partial charge in [0, 0.05) is 5.56 Å². The van der Waals surface area contributed by atoms with E-state index in [9.17, 15) is 25.3 Å². The Hall–Kier alpha value is -4.50. The van der Waals surface area contributed by atoms with Crippen LogP contribution in [0.2, 0.25) is 0 Å². The summed E-state index contributed by atoms with van der Waals surface area (Å²) >= 11 is 0. The van der Waals surface area contributed by atoms with Gasteiger partial charge in [0.25, 0.3) is 5.91 Å². The van der Waals surface area contributed by atoms with E-state index in [0.717, 1.165) is 9.96 Å². The van der Waals surface area contributed by atoms with Crippen LogP contribution in [-0.4, -0.2) is 27.9 Å². The van der Waals surface area contributed by atoms with Crippen LogP contribution in [0.5, 0.6) is 0 Å². The molecule has 2 heterocycles. The van der Waals surface area contributed by atoms with E-state index in [4.69, 9.17) is 4.74 Å². The molecule has 1 spiro atoms. The van der Waals surface area contributed by atoms with Gasteiger partial charge < -0.3 is 9.94 Å². The number of carbonyl (C=O) groups excluding carboxylic acids is 2. The topological polar surface area (TPSA) is 118 Å². The number of amides is 2. The number of anilines is 1. The Morgan fingerprint density at radius 2 is 1.42 bits per heavy atom. The van der Waals surface area contributed by atoms with Gasteiger partial charge in [0.15, 0.2) is 11.0 Å². The van der Waals surface area contributed by atoms with Crippen LogP contribution >= 0.6 is 0 Å². The van der Waals surface area contributed by atoms with Gasteiger partial charge in [-0.2, -0.15) is 15.6 Å². The predicted molar refractivity (Wildman–Crippen MR) is 137 cm³/mol. The van der Waals surface area contributed by atoms with E-state index in [1.807, 2.05) is 0 Å². The lowest BCUT2D eigenvalue weighted by molar-refractivity contribution is -0.189. The lowest BCUT2D eigenvalue weighted by atomic mass is 9.63. The second kappa shape index (κ2) is 8.81. The minimum Gasteiger partial charge on any atom is -0.443 e. The Kier molecular flexibility index (Phi) is 5.83. The van der Waals surface area contributed by atoms with Crippen molar-refractivity contribution in [2.75, 3.05) is 4.90 Å². The van der Waals surface area contributed by atoms with Gasteiger partial charge in [0.1, 0.15) is 5.60 Å². The first-order valence-electron chi connectivity index (χ1n) is 12.2. The Labute approximate surface area is 220 Å². The Balaban J connectivity index is 1.86. The minimum absolute atomic E-state index is 0.227. The highest BCUT2D eigenvalue weighted by atomic mass is 16.6. The molecule has 8 heteroatoms. The fourth-order valence-electron chi connectivity index (χ4n) is 5.86. The van der Waals surface area contributed by atoms with E-state index in [1.165, 1.54) is 0 Å². The fourth-order valence-corrected chi connectivity index (χ4v) is 5.86. The molecule has 3 aromatic rings. The summed E-state index contributed by atoms with van der Waals surface area (Å²) in [4.78, 5) is 28.9. The number of para-hydroxylation sites is 1. The molecular weight excluding hydrogens is 480 g/mol. The molecule has 2 amide bonds. The minimum atomic E-state index is -1.97. The number of hydrogen-bond acceptors (Lipinski definition) is 7. The first-order chi connectivity index (χ1) is 18.1. The zero-order valence-electron chi connectivity index (χ0n) is 21.2. The van der Waals surface area contributed by atoms with Crippen LogP contribution in [0.25, 0.3) is 0 Å². The molecule has 0 aliphatic carbocycles. The summed E-state index contributed by atoms with van der Waals surface area (Å²) in [6.45, 7) is 5.07. The Morgan fingerprint density at radius 1 is 0.895 bits per heavy atom. The van der Waals surface area contributed by atoms with E-state index >= 15 is 0 Å². The zero-order valence-corrected chi connectivity index (χ0v) is 21.2. The molecule has 2 aliphatic heterocycles. The molecule has 3 atom stereocenters. The van der Waals surface area contributed by atoms with Crippen LogP contribution in [0.4, 0.5) is 10.5 Å².